The monoisotopic (exact) mass is 414 g/mol. The molecule has 0 aliphatic carbocycles. The molecule has 1 aromatic carbocycles. The molecule has 1 amide bonds. The molecule has 4 rings (SSSR count). The van der Waals surface area contributed by atoms with Crippen molar-refractivity contribution >= 4 is 28.2 Å². The Morgan fingerprint density at radius 3 is 2.87 bits per heavy atom. The highest BCUT2D eigenvalue weighted by Gasteiger charge is 2.27. The molecule has 8 nitrogen and oxygen atoms in total. The molecular formula is C20H20F2N6O2. The number of amides is 1. The van der Waals surface area contributed by atoms with Crippen molar-refractivity contribution in [2.75, 3.05) is 0 Å². The average molecular weight is 414 g/mol. The van der Waals surface area contributed by atoms with E-state index in [-0.39, 0.29) is 11.6 Å². The van der Waals surface area contributed by atoms with Crippen molar-refractivity contribution in [2.45, 2.75) is 32.5 Å². The van der Waals surface area contributed by atoms with Crippen molar-refractivity contribution in [1.82, 2.24) is 30.0 Å². The minimum absolute atomic E-state index is 0.145. The maximum atomic E-state index is 13.9. The van der Waals surface area contributed by atoms with Gasteiger partial charge >= 0.3 is 6.09 Å². The number of aromatic amines is 1. The van der Waals surface area contributed by atoms with Crippen LogP contribution in [0.4, 0.5) is 13.6 Å². The lowest BCUT2D eigenvalue weighted by molar-refractivity contribution is 0.144. The highest BCUT2D eigenvalue weighted by atomic mass is 19.1. The predicted octanol–water partition coefficient (Wildman–Crippen LogP) is 3.88. The Kier molecular flexibility index (Phi) is 4.64. The van der Waals surface area contributed by atoms with Crippen molar-refractivity contribution in [3.8, 4) is 17.1 Å². The van der Waals surface area contributed by atoms with Gasteiger partial charge in [0.05, 0.1) is 17.8 Å². The van der Waals surface area contributed by atoms with Crippen LogP contribution in [0.1, 0.15) is 20.8 Å². The zero-order valence-electron chi connectivity index (χ0n) is 16.8. The highest BCUT2D eigenvalue weighted by Crippen LogP contribution is 2.30. The van der Waals surface area contributed by atoms with Gasteiger partial charge in [0.25, 0.3) is 0 Å². The molecule has 0 unspecified atom stereocenters. The van der Waals surface area contributed by atoms with E-state index >= 15 is 0 Å². The van der Waals surface area contributed by atoms with Gasteiger partial charge in [-0.15, -0.1) is 0 Å². The lowest BCUT2D eigenvalue weighted by atomic mass is 10.0. The molecule has 4 aromatic rings. The number of carbonyl (C=O) groups excluding carboxylic acids is 1. The number of ether oxygens (including phenoxy) is 1. The third-order valence-corrected chi connectivity index (χ3v) is 4.97. The zero-order valence-corrected chi connectivity index (χ0v) is 16.8. The molecule has 2 N–H and O–H groups in total. The number of nitrogens with one attached hydrogen (secondary N) is 2. The van der Waals surface area contributed by atoms with Crippen LogP contribution in [0.25, 0.3) is 33.5 Å². The summed E-state index contributed by atoms with van der Waals surface area (Å²) in [5, 5.41) is 7.59. The third-order valence-electron chi connectivity index (χ3n) is 4.97. The fraction of sp³-hybridized carbons (Fsp3) is 0.300. The maximum Gasteiger partial charge on any atom is 0.413 e. The Morgan fingerprint density at radius 2 is 2.13 bits per heavy atom. The van der Waals surface area contributed by atoms with Gasteiger partial charge in [0, 0.05) is 18.6 Å². The topological polar surface area (TPSA) is 97.7 Å². The number of carbonyl (C=O) groups is 1. The number of hydrogen-bond donors (Lipinski definition) is 2. The van der Waals surface area contributed by atoms with Crippen molar-refractivity contribution in [2.24, 2.45) is 7.05 Å². The fourth-order valence-electron chi connectivity index (χ4n) is 2.96. The van der Waals surface area contributed by atoms with E-state index in [9.17, 15) is 13.6 Å². The Bertz CT molecular complexity index is 1260. The summed E-state index contributed by atoms with van der Waals surface area (Å²) in [5.74, 6) is -0.219. The third kappa shape index (κ3) is 3.56. The Morgan fingerprint density at radius 1 is 1.37 bits per heavy atom. The van der Waals surface area contributed by atoms with Gasteiger partial charge in [-0.3, -0.25) is 4.68 Å². The van der Waals surface area contributed by atoms with E-state index in [4.69, 9.17) is 4.74 Å². The van der Waals surface area contributed by atoms with Gasteiger partial charge in [-0.1, -0.05) is 0 Å². The number of fused-ring (bicyclic) bond motifs is 2. The summed E-state index contributed by atoms with van der Waals surface area (Å²) in [5.41, 5.74) is 0.683. The molecule has 10 heteroatoms. The molecule has 0 bridgehead atoms. The second-order valence-electron chi connectivity index (χ2n) is 7.56. The van der Waals surface area contributed by atoms with Crippen LogP contribution in [0.3, 0.4) is 0 Å². The second-order valence-corrected chi connectivity index (χ2v) is 7.56. The van der Waals surface area contributed by atoms with Crippen molar-refractivity contribution in [1.29, 1.82) is 0 Å². The minimum atomic E-state index is -1.61. The molecular weight excluding hydrogens is 394 g/mol. The van der Waals surface area contributed by atoms with Gasteiger partial charge in [-0.2, -0.15) is 5.10 Å². The van der Waals surface area contributed by atoms with E-state index in [1.165, 1.54) is 38.4 Å². The minimum Gasteiger partial charge on any atom is -0.406 e. The summed E-state index contributed by atoms with van der Waals surface area (Å²) in [6.45, 7) is 4.28. The van der Waals surface area contributed by atoms with E-state index in [1.54, 1.807) is 24.7 Å². The number of nitrogens with zero attached hydrogens (tertiary/aromatic N) is 4. The zero-order chi connectivity index (χ0) is 21.6. The first-order valence-electron chi connectivity index (χ1n) is 9.27. The van der Waals surface area contributed by atoms with Crippen LogP contribution >= 0.6 is 0 Å². The molecule has 0 aliphatic rings. The van der Waals surface area contributed by atoms with Gasteiger partial charge in [0.2, 0.25) is 0 Å². The van der Waals surface area contributed by atoms with Gasteiger partial charge in [-0.05, 0) is 39.0 Å². The van der Waals surface area contributed by atoms with E-state index in [0.717, 1.165) is 0 Å². The molecule has 3 aromatic heterocycles. The molecule has 0 fully saturated rings. The first-order valence-corrected chi connectivity index (χ1v) is 9.27. The number of alkyl halides is 1. The lowest BCUT2D eigenvalue weighted by Gasteiger charge is -2.23. The first-order chi connectivity index (χ1) is 14.1. The number of benzene rings is 1. The molecule has 30 heavy (non-hydrogen) atoms. The molecule has 156 valence electrons. The number of halogens is 2. The Labute approximate surface area is 170 Å². The van der Waals surface area contributed by atoms with Crippen molar-refractivity contribution in [3.63, 3.8) is 0 Å². The maximum absolute atomic E-state index is 13.9. The van der Waals surface area contributed by atoms with Crippen molar-refractivity contribution in [3.05, 3.63) is 36.4 Å². The lowest BCUT2D eigenvalue weighted by Crippen LogP contribution is -2.45. The molecule has 0 radical (unpaired) electrons. The largest absolute Gasteiger partial charge is 0.413 e. The normalized spacial score (nSPS) is 13.0. The molecule has 0 aliphatic heterocycles. The first kappa shape index (κ1) is 19.7. The fourth-order valence-corrected chi connectivity index (χ4v) is 2.96. The van der Waals surface area contributed by atoms with Gasteiger partial charge < -0.3 is 15.0 Å². The SMILES string of the molecule is C[C@@H](NC(=O)Oc1c[nH]c2ncc(-c3nn(C)c4cc(F)ccc34)nc12)C(C)(C)F. The smallest absolute Gasteiger partial charge is 0.406 e. The summed E-state index contributed by atoms with van der Waals surface area (Å²) in [4.78, 5) is 23.9. The van der Waals surface area contributed by atoms with E-state index in [1.807, 2.05) is 0 Å². The summed E-state index contributed by atoms with van der Waals surface area (Å²) in [6.07, 6.45) is 2.17. The molecule has 0 saturated heterocycles. The standard InChI is InChI=1S/C20H20F2N6O2/c1-10(20(2,3)22)25-19(29)30-15-9-24-18-17(15)26-13(8-23-18)16-12-6-5-11(21)7-14(12)28(4)27-16/h5-10H,1-4H3,(H,23,24)(H,25,29)/t10-/m1/s1. The van der Waals surface area contributed by atoms with Crippen LogP contribution in [0.5, 0.6) is 5.75 Å². The number of aromatic nitrogens is 5. The van der Waals surface area contributed by atoms with Crippen LogP contribution in [-0.2, 0) is 7.05 Å². The van der Waals surface area contributed by atoms with Crippen LogP contribution in [0.2, 0.25) is 0 Å². The molecule has 1 atom stereocenters. The van der Waals surface area contributed by atoms with Crippen LogP contribution in [0, 0.1) is 5.82 Å². The van der Waals surface area contributed by atoms with Gasteiger partial charge in [0.15, 0.2) is 16.9 Å². The summed E-state index contributed by atoms with van der Waals surface area (Å²) in [6, 6.07) is 3.61. The number of aryl methyl sites for hydroxylation is 1. The quantitative estimate of drug-likeness (QED) is 0.528. The van der Waals surface area contributed by atoms with Gasteiger partial charge in [-0.25, -0.2) is 23.5 Å². The predicted molar refractivity (Wildman–Crippen MR) is 107 cm³/mol. The highest BCUT2D eigenvalue weighted by molar-refractivity contribution is 5.93. The summed E-state index contributed by atoms with van der Waals surface area (Å²) >= 11 is 0. The molecule has 0 spiro atoms. The van der Waals surface area contributed by atoms with Crippen LogP contribution in [0.15, 0.2) is 30.6 Å². The average Bonchev–Trinajstić information content (AvgIpc) is 3.21. The van der Waals surface area contributed by atoms with E-state index in [2.05, 4.69) is 25.4 Å². The van der Waals surface area contributed by atoms with Gasteiger partial charge in [0.1, 0.15) is 22.9 Å². The second kappa shape index (κ2) is 7.05. The number of hydrogen-bond acceptors (Lipinski definition) is 5. The number of rotatable bonds is 4. The summed E-state index contributed by atoms with van der Waals surface area (Å²) < 4.78 is 34.4. The Hall–Kier alpha value is -3.56. The Balaban J connectivity index is 1.68. The molecule has 3 heterocycles. The van der Waals surface area contributed by atoms with Crippen LogP contribution < -0.4 is 10.1 Å². The van der Waals surface area contributed by atoms with E-state index in [0.29, 0.717) is 33.5 Å². The molecule has 0 saturated carbocycles. The van der Waals surface area contributed by atoms with Crippen LogP contribution in [-0.4, -0.2) is 42.5 Å². The van der Waals surface area contributed by atoms with Crippen molar-refractivity contribution < 1.29 is 18.3 Å². The van der Waals surface area contributed by atoms with E-state index < -0.39 is 17.8 Å². The number of H-pyrrole nitrogens is 1. The summed E-state index contributed by atoms with van der Waals surface area (Å²) in [7, 11) is 1.71.